The number of benzene rings is 2. The van der Waals surface area contributed by atoms with Gasteiger partial charge in [-0.25, -0.2) is 4.68 Å². The SMILES string of the molecule is Cc1cccc(-n2ncc3ccc(-c4ccncc4)cc32)c1. The maximum atomic E-state index is 4.55. The molecule has 0 saturated carbocycles. The number of pyridine rings is 1. The van der Waals surface area contributed by atoms with Crippen LogP contribution in [0.15, 0.2) is 73.2 Å². The van der Waals surface area contributed by atoms with Crippen LogP contribution in [-0.4, -0.2) is 14.8 Å². The molecule has 4 aromatic rings. The zero-order valence-electron chi connectivity index (χ0n) is 12.3. The van der Waals surface area contributed by atoms with Crippen LogP contribution in [-0.2, 0) is 0 Å². The van der Waals surface area contributed by atoms with Gasteiger partial charge in [0.15, 0.2) is 0 Å². The highest BCUT2D eigenvalue weighted by Gasteiger charge is 2.07. The molecular weight excluding hydrogens is 270 g/mol. The summed E-state index contributed by atoms with van der Waals surface area (Å²) in [6, 6.07) is 18.8. The fraction of sp³-hybridized carbons (Fsp3) is 0.0526. The van der Waals surface area contributed by atoms with Gasteiger partial charge < -0.3 is 0 Å². The van der Waals surface area contributed by atoms with Gasteiger partial charge >= 0.3 is 0 Å². The smallest absolute Gasteiger partial charge is 0.0747 e. The topological polar surface area (TPSA) is 30.7 Å². The molecule has 0 bridgehead atoms. The number of nitrogens with zero attached hydrogens (tertiary/aromatic N) is 3. The van der Waals surface area contributed by atoms with E-state index in [4.69, 9.17) is 0 Å². The van der Waals surface area contributed by atoms with Gasteiger partial charge in [-0.2, -0.15) is 5.10 Å². The van der Waals surface area contributed by atoms with E-state index in [-0.39, 0.29) is 0 Å². The van der Waals surface area contributed by atoms with Crippen LogP contribution in [0.5, 0.6) is 0 Å². The average Bonchev–Trinajstić information content (AvgIpc) is 2.99. The summed E-state index contributed by atoms with van der Waals surface area (Å²) in [5.74, 6) is 0. The molecule has 0 aliphatic rings. The van der Waals surface area contributed by atoms with Gasteiger partial charge in [0.25, 0.3) is 0 Å². The Bertz CT molecular complexity index is 939. The largest absolute Gasteiger partial charge is 0.265 e. The maximum Gasteiger partial charge on any atom is 0.0747 e. The van der Waals surface area contributed by atoms with Crippen molar-refractivity contribution in [2.45, 2.75) is 6.92 Å². The molecule has 3 nitrogen and oxygen atoms in total. The predicted molar refractivity (Wildman–Crippen MR) is 89.0 cm³/mol. The first kappa shape index (κ1) is 12.8. The fourth-order valence-electron chi connectivity index (χ4n) is 2.71. The van der Waals surface area contributed by atoms with Crippen molar-refractivity contribution in [3.8, 4) is 16.8 Å². The van der Waals surface area contributed by atoms with Crippen molar-refractivity contribution in [3.05, 3.63) is 78.8 Å². The quantitative estimate of drug-likeness (QED) is 0.546. The molecule has 2 heterocycles. The van der Waals surface area contributed by atoms with Gasteiger partial charge in [0.2, 0.25) is 0 Å². The van der Waals surface area contributed by atoms with E-state index in [1.807, 2.05) is 35.4 Å². The molecule has 3 heteroatoms. The van der Waals surface area contributed by atoms with E-state index in [0.717, 1.165) is 22.2 Å². The van der Waals surface area contributed by atoms with Gasteiger partial charge in [0, 0.05) is 17.8 Å². The van der Waals surface area contributed by atoms with Crippen LogP contribution in [0.3, 0.4) is 0 Å². The zero-order valence-corrected chi connectivity index (χ0v) is 12.3. The molecule has 0 unspecified atom stereocenters. The number of aromatic nitrogens is 3. The summed E-state index contributed by atoms with van der Waals surface area (Å²) in [4.78, 5) is 4.08. The molecule has 0 atom stereocenters. The van der Waals surface area contributed by atoms with E-state index in [1.165, 1.54) is 11.1 Å². The lowest BCUT2D eigenvalue weighted by Gasteiger charge is -2.06. The van der Waals surface area contributed by atoms with Gasteiger partial charge in [-0.1, -0.05) is 24.3 Å². The molecule has 106 valence electrons. The van der Waals surface area contributed by atoms with Crippen LogP contribution >= 0.6 is 0 Å². The van der Waals surface area contributed by atoms with Gasteiger partial charge in [-0.05, 0) is 53.9 Å². The highest BCUT2D eigenvalue weighted by Crippen LogP contribution is 2.25. The summed E-state index contributed by atoms with van der Waals surface area (Å²) in [6.07, 6.45) is 5.54. The van der Waals surface area contributed by atoms with Crippen LogP contribution in [0.4, 0.5) is 0 Å². The molecule has 0 saturated heterocycles. The van der Waals surface area contributed by atoms with Crippen molar-refractivity contribution >= 4 is 10.9 Å². The minimum atomic E-state index is 1.09. The first-order chi connectivity index (χ1) is 10.8. The van der Waals surface area contributed by atoms with E-state index in [9.17, 15) is 0 Å². The third-order valence-electron chi connectivity index (χ3n) is 3.83. The Kier molecular flexibility index (Phi) is 2.97. The Morgan fingerprint density at radius 1 is 0.864 bits per heavy atom. The molecule has 0 amide bonds. The summed E-state index contributed by atoms with van der Waals surface area (Å²) in [6.45, 7) is 2.09. The molecule has 4 rings (SSSR count). The predicted octanol–water partition coefficient (Wildman–Crippen LogP) is 4.40. The highest BCUT2D eigenvalue weighted by atomic mass is 15.3. The number of fused-ring (bicyclic) bond motifs is 1. The summed E-state index contributed by atoms with van der Waals surface area (Å²) in [7, 11) is 0. The molecule has 0 aliphatic heterocycles. The van der Waals surface area contributed by atoms with E-state index in [2.05, 4.69) is 59.5 Å². The zero-order chi connectivity index (χ0) is 14.9. The lowest BCUT2D eigenvalue weighted by Crippen LogP contribution is -1.96. The lowest BCUT2D eigenvalue weighted by atomic mass is 10.1. The Hall–Kier alpha value is -2.94. The Balaban J connectivity index is 1.91. The van der Waals surface area contributed by atoms with Crippen molar-refractivity contribution < 1.29 is 0 Å². The molecule has 0 fully saturated rings. The van der Waals surface area contributed by atoms with Crippen LogP contribution in [0, 0.1) is 6.92 Å². The second kappa shape index (κ2) is 5.11. The van der Waals surface area contributed by atoms with Crippen molar-refractivity contribution in [1.29, 1.82) is 0 Å². The molecule has 2 aromatic carbocycles. The standard InChI is InChI=1S/C19H15N3/c1-14-3-2-4-18(11-14)22-19-12-16(5-6-17(19)13-21-22)15-7-9-20-10-8-15/h2-13H,1H3. The summed E-state index contributed by atoms with van der Waals surface area (Å²) in [5, 5.41) is 5.68. The van der Waals surface area contributed by atoms with E-state index < -0.39 is 0 Å². The first-order valence-corrected chi connectivity index (χ1v) is 7.26. The molecule has 0 N–H and O–H groups in total. The number of hydrogen-bond donors (Lipinski definition) is 0. The summed E-state index contributed by atoms with van der Waals surface area (Å²) >= 11 is 0. The Labute approximate surface area is 128 Å². The third-order valence-corrected chi connectivity index (χ3v) is 3.83. The number of aryl methyl sites for hydroxylation is 1. The van der Waals surface area contributed by atoms with Gasteiger partial charge in [0.1, 0.15) is 0 Å². The molecule has 22 heavy (non-hydrogen) atoms. The summed E-state index contributed by atoms with van der Waals surface area (Å²) < 4.78 is 1.99. The minimum absolute atomic E-state index is 1.09. The van der Waals surface area contributed by atoms with Gasteiger partial charge in [-0.15, -0.1) is 0 Å². The Morgan fingerprint density at radius 3 is 2.55 bits per heavy atom. The maximum absolute atomic E-state index is 4.55. The van der Waals surface area contributed by atoms with Crippen molar-refractivity contribution in [2.24, 2.45) is 0 Å². The van der Waals surface area contributed by atoms with Crippen LogP contribution < -0.4 is 0 Å². The Morgan fingerprint density at radius 2 is 1.73 bits per heavy atom. The van der Waals surface area contributed by atoms with E-state index in [0.29, 0.717) is 0 Å². The molecule has 0 spiro atoms. The van der Waals surface area contributed by atoms with Crippen molar-refractivity contribution in [1.82, 2.24) is 14.8 Å². The molecule has 0 aliphatic carbocycles. The van der Waals surface area contributed by atoms with Crippen molar-refractivity contribution in [2.75, 3.05) is 0 Å². The number of rotatable bonds is 2. The number of hydrogen-bond acceptors (Lipinski definition) is 2. The molecule has 2 aromatic heterocycles. The minimum Gasteiger partial charge on any atom is -0.265 e. The average molecular weight is 285 g/mol. The molecule has 0 radical (unpaired) electrons. The van der Waals surface area contributed by atoms with Crippen LogP contribution in [0.2, 0.25) is 0 Å². The highest BCUT2D eigenvalue weighted by molar-refractivity contribution is 5.85. The fourth-order valence-corrected chi connectivity index (χ4v) is 2.71. The lowest BCUT2D eigenvalue weighted by molar-refractivity contribution is 0.909. The van der Waals surface area contributed by atoms with E-state index >= 15 is 0 Å². The van der Waals surface area contributed by atoms with Crippen LogP contribution in [0.1, 0.15) is 5.56 Å². The second-order valence-electron chi connectivity index (χ2n) is 5.40. The first-order valence-electron chi connectivity index (χ1n) is 7.26. The monoisotopic (exact) mass is 285 g/mol. The summed E-state index contributed by atoms with van der Waals surface area (Å²) in [5.41, 5.74) is 5.76. The third kappa shape index (κ3) is 2.17. The second-order valence-corrected chi connectivity index (χ2v) is 5.40. The van der Waals surface area contributed by atoms with E-state index in [1.54, 1.807) is 0 Å². The van der Waals surface area contributed by atoms with Crippen LogP contribution in [0.25, 0.3) is 27.7 Å². The normalized spacial score (nSPS) is 11.0. The molecular formula is C19H15N3. The van der Waals surface area contributed by atoms with Gasteiger partial charge in [-0.3, -0.25) is 4.98 Å². The van der Waals surface area contributed by atoms with Gasteiger partial charge in [0.05, 0.1) is 17.4 Å². The van der Waals surface area contributed by atoms with Crippen molar-refractivity contribution in [3.63, 3.8) is 0 Å².